The van der Waals surface area contributed by atoms with Crippen molar-refractivity contribution >= 4 is 13.3 Å². The van der Waals surface area contributed by atoms with E-state index in [2.05, 4.69) is 18.4 Å². The summed E-state index contributed by atoms with van der Waals surface area (Å²) in [6.07, 6.45) is 9.11. The summed E-state index contributed by atoms with van der Waals surface area (Å²) in [5.74, 6) is -6.57. The minimum absolute atomic E-state index is 0.552. The van der Waals surface area contributed by atoms with Gasteiger partial charge in [0, 0.05) is 24.8 Å². The topological polar surface area (TPSA) is 9.23 Å². The van der Waals surface area contributed by atoms with Crippen molar-refractivity contribution in [3.05, 3.63) is 29.1 Å². The van der Waals surface area contributed by atoms with Gasteiger partial charge in [0.1, 0.15) is 0 Å². The fourth-order valence-corrected chi connectivity index (χ4v) is 5.06. The molecule has 1 aromatic carbocycles. The lowest BCUT2D eigenvalue weighted by Gasteiger charge is -2.18. The maximum atomic E-state index is 14.0. The van der Waals surface area contributed by atoms with E-state index in [9.17, 15) is 22.0 Å². The number of benzene rings is 1. The summed E-state index contributed by atoms with van der Waals surface area (Å²) < 4.78 is 73.5. The first-order chi connectivity index (χ1) is 13.7. The largest absolute Gasteiger partial charge is 0.381 e. The second-order valence-corrected chi connectivity index (χ2v) is 11.7. The van der Waals surface area contributed by atoms with Crippen LogP contribution in [0.1, 0.15) is 64.7 Å². The summed E-state index contributed by atoms with van der Waals surface area (Å²) in [5, 5.41) is -0.746. The van der Waals surface area contributed by atoms with Gasteiger partial charge in [0.15, 0.2) is 31.3 Å². The summed E-state index contributed by atoms with van der Waals surface area (Å²) in [4.78, 5) is 0. The highest BCUT2D eigenvalue weighted by Gasteiger charge is 2.35. The highest BCUT2D eigenvalue weighted by atomic mass is 28.3. The molecule has 7 heteroatoms. The van der Waals surface area contributed by atoms with Crippen molar-refractivity contribution in [2.45, 2.75) is 77.8 Å². The molecule has 0 bridgehead atoms. The predicted molar refractivity (Wildman–Crippen MR) is 109 cm³/mol. The van der Waals surface area contributed by atoms with Crippen molar-refractivity contribution in [3.63, 3.8) is 0 Å². The molecule has 1 nitrogen and oxygen atoms in total. The molecule has 0 aliphatic carbocycles. The van der Waals surface area contributed by atoms with E-state index in [4.69, 9.17) is 4.74 Å². The van der Waals surface area contributed by atoms with E-state index in [-0.39, 0.29) is 0 Å². The minimum Gasteiger partial charge on any atom is -0.381 e. The van der Waals surface area contributed by atoms with Crippen LogP contribution in [0.15, 0.2) is 0 Å². The van der Waals surface area contributed by atoms with Gasteiger partial charge in [0.05, 0.1) is 0 Å². The zero-order valence-corrected chi connectivity index (χ0v) is 18.6. The van der Waals surface area contributed by atoms with E-state index >= 15 is 0 Å². The average Bonchev–Trinajstić information content (AvgIpc) is 2.68. The van der Waals surface area contributed by atoms with E-state index in [0.717, 1.165) is 58.2 Å². The minimum atomic E-state index is -3.12. The SMILES string of the molecule is CCCOCCCCCCCCCC#C[Si](C)(C)c1c(F)c(F)c(F)c(F)c1F. The van der Waals surface area contributed by atoms with Crippen LogP contribution in [0.3, 0.4) is 0 Å². The number of halogens is 5. The molecule has 0 heterocycles. The van der Waals surface area contributed by atoms with Crippen LogP contribution in [0.2, 0.25) is 13.1 Å². The van der Waals surface area contributed by atoms with Gasteiger partial charge in [-0.3, -0.25) is 0 Å². The molecular weight excluding hydrogens is 403 g/mol. The number of ether oxygens (including phenoxy) is 1. The maximum Gasteiger partial charge on any atom is 0.200 e. The first-order valence-electron chi connectivity index (χ1n) is 10.3. The van der Waals surface area contributed by atoms with Gasteiger partial charge < -0.3 is 4.74 Å². The third-order valence-corrected chi connectivity index (χ3v) is 7.17. The van der Waals surface area contributed by atoms with E-state index in [1.54, 1.807) is 0 Å². The molecule has 0 saturated carbocycles. The lowest BCUT2D eigenvalue weighted by atomic mass is 10.1. The average molecular weight is 435 g/mol. The van der Waals surface area contributed by atoms with E-state index < -0.39 is 42.3 Å². The Bertz CT molecular complexity index is 680. The van der Waals surface area contributed by atoms with Gasteiger partial charge in [-0.25, -0.2) is 22.0 Å². The van der Waals surface area contributed by atoms with E-state index in [1.807, 2.05) is 0 Å². The summed E-state index contributed by atoms with van der Waals surface area (Å²) in [5.41, 5.74) is 2.81. The van der Waals surface area contributed by atoms with Crippen LogP contribution < -0.4 is 5.19 Å². The van der Waals surface area contributed by atoms with Crippen LogP contribution in [0, 0.1) is 40.6 Å². The molecule has 0 unspecified atom stereocenters. The summed E-state index contributed by atoms with van der Waals surface area (Å²) in [6, 6.07) is 0. The number of unbranched alkanes of at least 4 members (excludes halogenated alkanes) is 7. The Morgan fingerprint density at radius 1 is 0.690 bits per heavy atom. The molecule has 0 aromatic heterocycles. The predicted octanol–water partition coefficient (Wildman–Crippen LogP) is 6.39. The Morgan fingerprint density at radius 2 is 1.17 bits per heavy atom. The maximum absolute atomic E-state index is 14.0. The molecule has 0 spiro atoms. The number of hydrogen-bond acceptors (Lipinski definition) is 1. The first kappa shape index (κ1) is 25.6. The van der Waals surface area contributed by atoms with Gasteiger partial charge in [-0.1, -0.05) is 52.1 Å². The Labute approximate surface area is 172 Å². The Morgan fingerprint density at radius 3 is 1.72 bits per heavy atom. The zero-order chi connectivity index (χ0) is 21.9. The fourth-order valence-electron chi connectivity index (χ4n) is 3.05. The van der Waals surface area contributed by atoms with Gasteiger partial charge in [-0.2, -0.15) is 0 Å². The molecule has 1 aromatic rings. The molecule has 1 rings (SSSR count). The van der Waals surface area contributed by atoms with Crippen LogP contribution >= 0.6 is 0 Å². The smallest absolute Gasteiger partial charge is 0.200 e. The molecule has 0 amide bonds. The van der Waals surface area contributed by atoms with Crippen LogP contribution in [-0.2, 0) is 4.74 Å². The van der Waals surface area contributed by atoms with Crippen LogP contribution in [0.5, 0.6) is 0 Å². The van der Waals surface area contributed by atoms with Crippen LogP contribution in [-0.4, -0.2) is 21.3 Å². The standard InChI is InChI=1S/C22H31F5OSi/c1-4-14-28-15-12-10-8-6-5-7-9-11-13-16-29(2,3)22-20(26)18(24)17(23)19(25)21(22)27/h4-12,14-15H2,1-3H3. The van der Waals surface area contributed by atoms with Gasteiger partial charge in [-0.05, 0) is 19.3 Å². The Kier molecular flexibility index (Phi) is 11.5. The first-order valence-corrected chi connectivity index (χ1v) is 13.3. The summed E-state index contributed by atoms with van der Waals surface area (Å²) in [7, 11) is -3.12. The van der Waals surface area contributed by atoms with Crippen LogP contribution in [0.4, 0.5) is 22.0 Å². The molecule has 0 radical (unpaired) electrons. The van der Waals surface area contributed by atoms with E-state index in [1.165, 1.54) is 19.5 Å². The highest BCUT2D eigenvalue weighted by Crippen LogP contribution is 2.19. The third-order valence-electron chi connectivity index (χ3n) is 4.67. The molecule has 0 aliphatic rings. The van der Waals surface area contributed by atoms with Gasteiger partial charge in [0.25, 0.3) is 0 Å². The van der Waals surface area contributed by atoms with Crippen molar-refractivity contribution in [3.8, 4) is 11.5 Å². The number of hydrogen-bond donors (Lipinski definition) is 0. The second kappa shape index (κ2) is 13.0. The molecule has 0 fully saturated rings. The Hall–Kier alpha value is -1.39. The highest BCUT2D eigenvalue weighted by molar-refractivity contribution is 6.96. The van der Waals surface area contributed by atoms with Crippen molar-refractivity contribution < 1.29 is 26.7 Å². The lowest BCUT2D eigenvalue weighted by molar-refractivity contribution is 0.130. The molecule has 0 saturated heterocycles. The van der Waals surface area contributed by atoms with Crippen molar-refractivity contribution in [2.24, 2.45) is 0 Å². The molecule has 29 heavy (non-hydrogen) atoms. The molecule has 0 atom stereocenters. The molecular formula is C22H31F5OSi. The van der Waals surface area contributed by atoms with E-state index in [0.29, 0.717) is 6.42 Å². The van der Waals surface area contributed by atoms with Gasteiger partial charge in [0.2, 0.25) is 5.82 Å². The lowest BCUT2D eigenvalue weighted by Crippen LogP contribution is -2.46. The fraction of sp³-hybridized carbons (Fsp3) is 0.636. The summed E-state index contributed by atoms with van der Waals surface area (Å²) in [6.45, 7) is 6.72. The van der Waals surface area contributed by atoms with Crippen molar-refractivity contribution in [1.29, 1.82) is 0 Å². The van der Waals surface area contributed by atoms with Gasteiger partial charge in [-0.15, -0.1) is 11.5 Å². The monoisotopic (exact) mass is 434 g/mol. The zero-order valence-electron chi connectivity index (χ0n) is 17.6. The Balaban J connectivity index is 2.39. The van der Waals surface area contributed by atoms with Crippen molar-refractivity contribution in [2.75, 3.05) is 13.2 Å². The van der Waals surface area contributed by atoms with Crippen molar-refractivity contribution in [1.82, 2.24) is 0 Å². The summed E-state index contributed by atoms with van der Waals surface area (Å²) >= 11 is 0. The van der Waals surface area contributed by atoms with Gasteiger partial charge >= 0.3 is 0 Å². The number of rotatable bonds is 12. The molecule has 164 valence electrons. The normalized spacial score (nSPS) is 11.4. The third kappa shape index (κ3) is 8.10. The quantitative estimate of drug-likeness (QED) is 0.0925. The molecule has 0 N–H and O–H groups in total. The van der Waals surface area contributed by atoms with Crippen LogP contribution in [0.25, 0.3) is 0 Å². The second-order valence-electron chi connectivity index (χ2n) is 7.71. The molecule has 0 aliphatic heterocycles.